The molecule has 2 amide bonds. The highest BCUT2D eigenvalue weighted by atomic mass is 16.4. The van der Waals surface area contributed by atoms with Crippen molar-refractivity contribution in [2.45, 2.75) is 57.8 Å². The maximum absolute atomic E-state index is 12.8. The average Bonchev–Trinajstić information content (AvgIpc) is 2.67. The molecule has 2 saturated carbocycles. The first kappa shape index (κ1) is 19.2. The van der Waals surface area contributed by atoms with Gasteiger partial charge in [-0.3, -0.25) is 14.4 Å². The van der Waals surface area contributed by atoms with Crippen LogP contribution in [0.2, 0.25) is 0 Å². The van der Waals surface area contributed by atoms with Crippen LogP contribution >= 0.6 is 0 Å². The average molecular weight is 364 g/mol. The van der Waals surface area contributed by atoms with E-state index in [4.69, 9.17) is 0 Å². The molecule has 1 N–H and O–H groups in total. The van der Waals surface area contributed by atoms with Crippen LogP contribution in [0.4, 0.5) is 0 Å². The van der Waals surface area contributed by atoms with Gasteiger partial charge in [-0.05, 0) is 43.9 Å². The van der Waals surface area contributed by atoms with E-state index in [1.165, 1.54) is 25.7 Å². The predicted octanol–water partition coefficient (Wildman–Crippen LogP) is 2.37. The number of likely N-dealkylation sites (tertiary alicyclic amines) is 1. The molecule has 0 aromatic carbocycles. The Hall–Kier alpha value is -1.59. The van der Waals surface area contributed by atoms with E-state index < -0.39 is 11.9 Å². The molecule has 0 bridgehead atoms. The van der Waals surface area contributed by atoms with E-state index in [1.54, 1.807) is 16.8 Å². The van der Waals surface area contributed by atoms with Gasteiger partial charge < -0.3 is 14.9 Å². The number of likely N-dealkylation sites (N-methyl/N-ethyl adjacent to an activating group) is 1. The Kier molecular flexibility index (Phi) is 6.20. The number of carboxylic acids is 1. The van der Waals surface area contributed by atoms with Crippen LogP contribution < -0.4 is 0 Å². The molecule has 6 nitrogen and oxygen atoms in total. The second-order valence-electron chi connectivity index (χ2n) is 8.53. The Balaban J connectivity index is 1.50. The van der Waals surface area contributed by atoms with Gasteiger partial charge in [-0.2, -0.15) is 0 Å². The molecule has 3 aliphatic rings. The second-order valence-corrected chi connectivity index (χ2v) is 8.53. The molecule has 0 aromatic rings. The van der Waals surface area contributed by atoms with E-state index in [2.05, 4.69) is 0 Å². The summed E-state index contributed by atoms with van der Waals surface area (Å²) in [6.45, 7) is 0.928. The number of piperidine rings is 1. The number of hydrogen-bond donors (Lipinski definition) is 1. The van der Waals surface area contributed by atoms with E-state index in [0.29, 0.717) is 25.3 Å². The molecule has 1 heterocycles. The maximum Gasteiger partial charge on any atom is 0.308 e. The topological polar surface area (TPSA) is 77.9 Å². The standard InChI is InChI=1S/C20H32N2O4/c1-21(13-18(23)22-10-4-7-17(12-22)20(25)26)19(24)16-9-8-14-5-2-3-6-15(14)11-16/h14-17H,2-13H2,1H3,(H,25,26). The molecule has 0 radical (unpaired) electrons. The van der Waals surface area contributed by atoms with Crippen molar-refractivity contribution in [2.24, 2.45) is 23.7 Å². The fourth-order valence-corrected chi connectivity index (χ4v) is 5.20. The minimum Gasteiger partial charge on any atom is -0.481 e. The predicted molar refractivity (Wildman–Crippen MR) is 97.4 cm³/mol. The quantitative estimate of drug-likeness (QED) is 0.831. The van der Waals surface area contributed by atoms with Crippen molar-refractivity contribution in [2.75, 3.05) is 26.7 Å². The summed E-state index contributed by atoms with van der Waals surface area (Å²) >= 11 is 0. The highest BCUT2D eigenvalue weighted by molar-refractivity contribution is 5.86. The zero-order valence-electron chi connectivity index (χ0n) is 15.9. The Bertz CT molecular complexity index is 550. The Labute approximate surface area is 155 Å². The number of fused-ring (bicyclic) bond motifs is 1. The number of carbonyl (C=O) groups is 3. The smallest absolute Gasteiger partial charge is 0.308 e. The summed E-state index contributed by atoms with van der Waals surface area (Å²) < 4.78 is 0. The normalized spacial score (nSPS) is 31.8. The van der Waals surface area contributed by atoms with Gasteiger partial charge in [0.1, 0.15) is 0 Å². The summed E-state index contributed by atoms with van der Waals surface area (Å²) in [7, 11) is 1.71. The molecule has 0 aromatic heterocycles. The summed E-state index contributed by atoms with van der Waals surface area (Å²) in [4.78, 5) is 39.7. The summed E-state index contributed by atoms with van der Waals surface area (Å²) in [6.07, 6.45) is 9.61. The highest BCUT2D eigenvalue weighted by Crippen LogP contribution is 2.43. The molecule has 3 rings (SSSR count). The monoisotopic (exact) mass is 364 g/mol. The number of carboxylic acid groups (broad SMARTS) is 1. The van der Waals surface area contributed by atoms with Gasteiger partial charge in [0, 0.05) is 26.1 Å². The summed E-state index contributed by atoms with van der Waals surface area (Å²) in [6, 6.07) is 0. The van der Waals surface area contributed by atoms with Gasteiger partial charge in [0.05, 0.1) is 12.5 Å². The van der Waals surface area contributed by atoms with E-state index in [9.17, 15) is 19.5 Å². The number of amides is 2. The highest BCUT2D eigenvalue weighted by Gasteiger charge is 2.36. The number of aliphatic carboxylic acids is 1. The number of rotatable bonds is 4. The molecule has 6 heteroatoms. The molecule has 26 heavy (non-hydrogen) atoms. The summed E-state index contributed by atoms with van der Waals surface area (Å²) in [5, 5.41) is 9.17. The third kappa shape index (κ3) is 4.38. The summed E-state index contributed by atoms with van der Waals surface area (Å²) in [5.74, 6) is 0.203. The Morgan fingerprint density at radius 1 is 0.962 bits per heavy atom. The van der Waals surface area contributed by atoms with Crippen molar-refractivity contribution in [3.05, 3.63) is 0 Å². The van der Waals surface area contributed by atoms with Crippen LogP contribution in [0.1, 0.15) is 57.8 Å². The minimum absolute atomic E-state index is 0.0558. The molecule has 4 unspecified atom stereocenters. The molecule has 4 atom stereocenters. The van der Waals surface area contributed by atoms with Crippen molar-refractivity contribution in [3.63, 3.8) is 0 Å². The lowest BCUT2D eigenvalue weighted by molar-refractivity contribution is -0.148. The molecule has 146 valence electrons. The van der Waals surface area contributed by atoms with Gasteiger partial charge >= 0.3 is 5.97 Å². The van der Waals surface area contributed by atoms with E-state index in [0.717, 1.165) is 25.2 Å². The van der Waals surface area contributed by atoms with Crippen molar-refractivity contribution in [3.8, 4) is 0 Å². The van der Waals surface area contributed by atoms with Crippen LogP contribution in [0.5, 0.6) is 0 Å². The van der Waals surface area contributed by atoms with Crippen molar-refractivity contribution in [1.29, 1.82) is 0 Å². The maximum atomic E-state index is 12.8. The SMILES string of the molecule is CN(CC(=O)N1CCCC(C(=O)O)C1)C(=O)C1CCC2CCCCC2C1. The molecular weight excluding hydrogens is 332 g/mol. The first-order valence-corrected chi connectivity index (χ1v) is 10.2. The largest absolute Gasteiger partial charge is 0.481 e. The first-order valence-electron chi connectivity index (χ1n) is 10.2. The first-order chi connectivity index (χ1) is 12.5. The van der Waals surface area contributed by atoms with Gasteiger partial charge in [-0.25, -0.2) is 0 Å². The molecule has 1 aliphatic heterocycles. The second kappa shape index (κ2) is 8.40. The lowest BCUT2D eigenvalue weighted by Crippen LogP contribution is -2.48. The molecule has 0 spiro atoms. The van der Waals surface area contributed by atoms with Gasteiger partial charge in [0.15, 0.2) is 0 Å². The van der Waals surface area contributed by atoms with E-state index in [-0.39, 0.29) is 30.8 Å². The van der Waals surface area contributed by atoms with Gasteiger partial charge in [-0.1, -0.05) is 25.7 Å². The summed E-state index contributed by atoms with van der Waals surface area (Å²) in [5.41, 5.74) is 0. The molecule has 3 fully saturated rings. The lowest BCUT2D eigenvalue weighted by Gasteiger charge is -2.40. The lowest BCUT2D eigenvalue weighted by atomic mass is 9.67. The Morgan fingerprint density at radius 2 is 1.69 bits per heavy atom. The van der Waals surface area contributed by atoms with Crippen LogP contribution in [0, 0.1) is 23.7 Å². The van der Waals surface area contributed by atoms with E-state index >= 15 is 0 Å². The van der Waals surface area contributed by atoms with Crippen LogP contribution in [0.15, 0.2) is 0 Å². The van der Waals surface area contributed by atoms with Crippen LogP contribution in [-0.2, 0) is 14.4 Å². The number of nitrogens with zero attached hydrogens (tertiary/aromatic N) is 2. The van der Waals surface area contributed by atoms with Crippen molar-refractivity contribution >= 4 is 17.8 Å². The van der Waals surface area contributed by atoms with Gasteiger partial charge in [0.25, 0.3) is 0 Å². The molecule has 1 saturated heterocycles. The third-order valence-electron chi connectivity index (χ3n) is 6.76. The fraction of sp³-hybridized carbons (Fsp3) is 0.850. The molecule has 2 aliphatic carbocycles. The van der Waals surface area contributed by atoms with E-state index in [1.807, 2.05) is 0 Å². The minimum atomic E-state index is -0.837. The van der Waals surface area contributed by atoms with Gasteiger partial charge in [-0.15, -0.1) is 0 Å². The third-order valence-corrected chi connectivity index (χ3v) is 6.76. The van der Waals surface area contributed by atoms with Gasteiger partial charge in [0.2, 0.25) is 11.8 Å². The number of carbonyl (C=O) groups excluding carboxylic acids is 2. The Morgan fingerprint density at radius 3 is 2.42 bits per heavy atom. The molecular formula is C20H32N2O4. The zero-order valence-corrected chi connectivity index (χ0v) is 15.9. The zero-order chi connectivity index (χ0) is 18.7. The van der Waals surface area contributed by atoms with Crippen LogP contribution in [0.25, 0.3) is 0 Å². The van der Waals surface area contributed by atoms with Crippen LogP contribution in [-0.4, -0.2) is 59.4 Å². The number of hydrogen-bond acceptors (Lipinski definition) is 3. The fourth-order valence-electron chi connectivity index (χ4n) is 5.20. The van der Waals surface area contributed by atoms with Crippen molar-refractivity contribution in [1.82, 2.24) is 9.80 Å². The van der Waals surface area contributed by atoms with Crippen molar-refractivity contribution < 1.29 is 19.5 Å². The van der Waals surface area contributed by atoms with Crippen LogP contribution in [0.3, 0.4) is 0 Å².